The first-order valence-corrected chi connectivity index (χ1v) is 7.73. The Morgan fingerprint density at radius 3 is 2.87 bits per heavy atom. The van der Waals surface area contributed by atoms with E-state index in [2.05, 4.69) is 32.0 Å². The number of aromatic amines is 2. The number of nitrogens with one attached hydrogen (secondary N) is 2. The Labute approximate surface area is 133 Å². The summed E-state index contributed by atoms with van der Waals surface area (Å²) in [5.41, 5.74) is 4.52. The summed E-state index contributed by atoms with van der Waals surface area (Å²) >= 11 is 0. The van der Waals surface area contributed by atoms with Gasteiger partial charge in [0.2, 0.25) is 0 Å². The van der Waals surface area contributed by atoms with Gasteiger partial charge in [0.15, 0.2) is 0 Å². The molecule has 1 aliphatic heterocycles. The number of H-pyrrole nitrogens is 2. The van der Waals surface area contributed by atoms with E-state index in [1.165, 1.54) is 0 Å². The van der Waals surface area contributed by atoms with Gasteiger partial charge in [0.25, 0.3) is 5.56 Å². The predicted molar refractivity (Wildman–Crippen MR) is 89.9 cm³/mol. The fraction of sp³-hybridized carbons (Fsp3) is 0.294. The van der Waals surface area contributed by atoms with Crippen molar-refractivity contribution in [3.05, 3.63) is 46.4 Å². The highest BCUT2D eigenvalue weighted by molar-refractivity contribution is 5.85. The molecule has 3 heterocycles. The molecule has 0 amide bonds. The average molecular weight is 310 g/mol. The number of hydrogen-bond donors (Lipinski definition) is 2. The molecule has 23 heavy (non-hydrogen) atoms. The summed E-state index contributed by atoms with van der Waals surface area (Å²) in [6, 6.07) is 7.82. The standard InChI is InChI=1S/C17H18N4O2/c1-11-9-12(21-5-7-23-8-6-21)10-14-15(11)20-16(19-14)13-3-2-4-18-17(13)22/h2-4,9-10H,5-8H2,1H3,(H,18,22)(H,19,20). The van der Waals surface area contributed by atoms with Crippen molar-refractivity contribution in [2.24, 2.45) is 0 Å². The number of nitrogens with zero attached hydrogens (tertiary/aromatic N) is 2. The van der Waals surface area contributed by atoms with Crippen molar-refractivity contribution in [1.29, 1.82) is 0 Å². The van der Waals surface area contributed by atoms with E-state index < -0.39 is 0 Å². The van der Waals surface area contributed by atoms with Crippen molar-refractivity contribution in [2.75, 3.05) is 31.2 Å². The number of morpholine rings is 1. The summed E-state index contributed by atoms with van der Waals surface area (Å²) in [7, 11) is 0. The Morgan fingerprint density at radius 2 is 2.09 bits per heavy atom. The molecule has 0 radical (unpaired) electrons. The fourth-order valence-corrected chi connectivity index (χ4v) is 3.01. The quantitative estimate of drug-likeness (QED) is 0.760. The zero-order valence-electron chi connectivity index (χ0n) is 12.9. The van der Waals surface area contributed by atoms with Crippen LogP contribution >= 0.6 is 0 Å². The van der Waals surface area contributed by atoms with E-state index in [4.69, 9.17) is 4.74 Å². The second-order valence-corrected chi connectivity index (χ2v) is 5.76. The average Bonchev–Trinajstić information content (AvgIpc) is 3.00. The van der Waals surface area contributed by atoms with Gasteiger partial charge in [-0.15, -0.1) is 0 Å². The molecular weight excluding hydrogens is 292 g/mol. The molecule has 2 N–H and O–H groups in total. The third-order valence-electron chi connectivity index (χ3n) is 4.21. The lowest BCUT2D eigenvalue weighted by atomic mass is 10.1. The van der Waals surface area contributed by atoms with Crippen LogP contribution in [0.4, 0.5) is 5.69 Å². The van der Waals surface area contributed by atoms with Crippen LogP contribution < -0.4 is 10.5 Å². The molecule has 0 bridgehead atoms. The maximum Gasteiger partial charge on any atom is 0.258 e. The van der Waals surface area contributed by atoms with Gasteiger partial charge in [-0.2, -0.15) is 0 Å². The zero-order chi connectivity index (χ0) is 15.8. The first kappa shape index (κ1) is 14.0. The Hall–Kier alpha value is -2.60. The van der Waals surface area contributed by atoms with E-state index in [0.717, 1.165) is 48.6 Å². The maximum absolute atomic E-state index is 12.0. The second-order valence-electron chi connectivity index (χ2n) is 5.76. The largest absolute Gasteiger partial charge is 0.378 e. The maximum atomic E-state index is 12.0. The van der Waals surface area contributed by atoms with Gasteiger partial charge < -0.3 is 19.6 Å². The summed E-state index contributed by atoms with van der Waals surface area (Å²) in [5.74, 6) is 0.601. The molecule has 1 aromatic carbocycles. The fourth-order valence-electron chi connectivity index (χ4n) is 3.01. The molecule has 6 nitrogen and oxygen atoms in total. The first-order valence-electron chi connectivity index (χ1n) is 7.73. The van der Waals surface area contributed by atoms with E-state index >= 15 is 0 Å². The van der Waals surface area contributed by atoms with Crippen LogP contribution in [-0.4, -0.2) is 41.3 Å². The SMILES string of the molecule is Cc1cc(N2CCOCC2)cc2[nH]c(-c3ccc[nH]c3=O)nc12. The number of imidazole rings is 1. The summed E-state index contributed by atoms with van der Waals surface area (Å²) < 4.78 is 5.41. The van der Waals surface area contributed by atoms with Crippen molar-refractivity contribution < 1.29 is 4.74 Å². The molecule has 6 heteroatoms. The number of benzene rings is 1. The normalized spacial score (nSPS) is 15.3. The number of aromatic nitrogens is 3. The summed E-state index contributed by atoms with van der Waals surface area (Å²) in [5, 5.41) is 0. The molecule has 2 aromatic heterocycles. The van der Waals surface area contributed by atoms with Crippen LogP contribution in [0.1, 0.15) is 5.56 Å². The van der Waals surface area contributed by atoms with Gasteiger partial charge in [0.05, 0.1) is 29.8 Å². The third-order valence-corrected chi connectivity index (χ3v) is 4.21. The number of pyridine rings is 1. The van der Waals surface area contributed by atoms with E-state index in [-0.39, 0.29) is 5.56 Å². The van der Waals surface area contributed by atoms with Gasteiger partial charge in [0, 0.05) is 25.0 Å². The molecule has 0 spiro atoms. The van der Waals surface area contributed by atoms with Crippen LogP contribution in [-0.2, 0) is 4.74 Å². The number of hydrogen-bond acceptors (Lipinski definition) is 4. The Bertz CT molecular complexity index is 906. The monoisotopic (exact) mass is 310 g/mol. The van der Waals surface area contributed by atoms with E-state index in [1.54, 1.807) is 18.3 Å². The molecule has 1 saturated heterocycles. The summed E-state index contributed by atoms with van der Waals surface area (Å²) in [6.45, 7) is 5.34. The lowest BCUT2D eigenvalue weighted by molar-refractivity contribution is 0.122. The molecule has 0 unspecified atom stereocenters. The smallest absolute Gasteiger partial charge is 0.258 e. The Morgan fingerprint density at radius 1 is 1.26 bits per heavy atom. The van der Waals surface area contributed by atoms with Crippen LogP contribution in [0.25, 0.3) is 22.4 Å². The van der Waals surface area contributed by atoms with Crippen LogP contribution in [0, 0.1) is 6.92 Å². The van der Waals surface area contributed by atoms with Gasteiger partial charge in [-0.1, -0.05) is 0 Å². The summed E-state index contributed by atoms with van der Waals surface area (Å²) in [6.07, 6.45) is 1.62. The van der Waals surface area contributed by atoms with Gasteiger partial charge in [-0.25, -0.2) is 4.98 Å². The Balaban J connectivity index is 1.81. The third kappa shape index (κ3) is 2.51. The molecule has 1 aliphatic rings. The van der Waals surface area contributed by atoms with Gasteiger partial charge in [0.1, 0.15) is 5.82 Å². The molecule has 0 aliphatic carbocycles. The van der Waals surface area contributed by atoms with Crippen molar-refractivity contribution in [3.8, 4) is 11.4 Å². The number of fused-ring (bicyclic) bond motifs is 1. The Kier molecular flexibility index (Phi) is 3.38. The zero-order valence-corrected chi connectivity index (χ0v) is 12.9. The van der Waals surface area contributed by atoms with Crippen molar-refractivity contribution >= 4 is 16.7 Å². The van der Waals surface area contributed by atoms with Crippen molar-refractivity contribution in [3.63, 3.8) is 0 Å². The molecule has 118 valence electrons. The van der Waals surface area contributed by atoms with E-state index in [0.29, 0.717) is 11.4 Å². The molecule has 3 aromatic rings. The minimum Gasteiger partial charge on any atom is -0.378 e. The van der Waals surface area contributed by atoms with E-state index in [1.807, 2.05) is 6.92 Å². The van der Waals surface area contributed by atoms with Crippen molar-refractivity contribution in [2.45, 2.75) is 6.92 Å². The minimum absolute atomic E-state index is 0.141. The topological polar surface area (TPSA) is 74.0 Å². The van der Waals surface area contributed by atoms with Crippen molar-refractivity contribution in [1.82, 2.24) is 15.0 Å². The number of rotatable bonds is 2. The van der Waals surface area contributed by atoms with Crippen LogP contribution in [0.5, 0.6) is 0 Å². The number of ether oxygens (including phenoxy) is 1. The molecular formula is C17H18N4O2. The van der Waals surface area contributed by atoms with Crippen LogP contribution in [0.2, 0.25) is 0 Å². The molecule has 0 atom stereocenters. The van der Waals surface area contributed by atoms with Gasteiger partial charge in [-0.05, 0) is 36.8 Å². The molecule has 0 saturated carbocycles. The van der Waals surface area contributed by atoms with Crippen LogP contribution in [0.15, 0.2) is 35.3 Å². The first-order chi connectivity index (χ1) is 11.2. The highest BCUT2D eigenvalue weighted by Gasteiger charge is 2.15. The van der Waals surface area contributed by atoms with Gasteiger partial charge in [-0.3, -0.25) is 4.79 Å². The molecule has 1 fully saturated rings. The van der Waals surface area contributed by atoms with Crippen LogP contribution in [0.3, 0.4) is 0 Å². The summed E-state index contributed by atoms with van der Waals surface area (Å²) in [4.78, 5) is 24.8. The predicted octanol–water partition coefficient (Wildman–Crippen LogP) is 2.06. The lowest BCUT2D eigenvalue weighted by Crippen LogP contribution is -2.36. The number of aryl methyl sites for hydroxylation is 1. The van der Waals surface area contributed by atoms with Gasteiger partial charge >= 0.3 is 0 Å². The molecule has 4 rings (SSSR count). The lowest BCUT2D eigenvalue weighted by Gasteiger charge is -2.29. The van der Waals surface area contributed by atoms with E-state index in [9.17, 15) is 4.79 Å². The highest BCUT2D eigenvalue weighted by atomic mass is 16.5. The highest BCUT2D eigenvalue weighted by Crippen LogP contribution is 2.27. The minimum atomic E-state index is -0.141. The number of anilines is 1. The second kappa shape index (κ2) is 5.55.